The van der Waals surface area contributed by atoms with Gasteiger partial charge in [0, 0.05) is 11.5 Å². The first-order chi connectivity index (χ1) is 5.79. The molecule has 1 aromatic rings. The van der Waals surface area contributed by atoms with Crippen molar-refractivity contribution in [1.29, 1.82) is 0 Å². The van der Waals surface area contributed by atoms with E-state index in [-0.39, 0.29) is 5.92 Å². The van der Waals surface area contributed by atoms with E-state index in [4.69, 9.17) is 4.74 Å². The van der Waals surface area contributed by atoms with Crippen LogP contribution in [0.2, 0.25) is 0 Å². The van der Waals surface area contributed by atoms with Crippen molar-refractivity contribution in [1.82, 2.24) is 0 Å². The van der Waals surface area contributed by atoms with Crippen molar-refractivity contribution in [3.8, 4) is 5.75 Å². The molecule has 12 heavy (non-hydrogen) atoms. The second-order valence-electron chi connectivity index (χ2n) is 2.67. The van der Waals surface area contributed by atoms with Crippen LogP contribution < -0.4 is 4.74 Å². The van der Waals surface area contributed by atoms with Gasteiger partial charge in [0.15, 0.2) is 0 Å². The molecule has 0 saturated carbocycles. The van der Waals surface area contributed by atoms with Crippen LogP contribution in [0, 0.1) is 0 Å². The maximum Gasteiger partial charge on any atom is 0.127 e. The van der Waals surface area contributed by atoms with Gasteiger partial charge in [-0.1, -0.05) is 25.1 Å². The zero-order chi connectivity index (χ0) is 8.97. The van der Waals surface area contributed by atoms with E-state index in [0.29, 0.717) is 0 Å². The van der Waals surface area contributed by atoms with Crippen molar-refractivity contribution in [2.45, 2.75) is 12.8 Å². The average Bonchev–Trinajstić information content (AvgIpc) is 2.16. The summed E-state index contributed by atoms with van der Waals surface area (Å²) in [6.07, 6.45) is 0.915. The third-order valence-electron chi connectivity index (χ3n) is 1.83. The molecule has 1 aromatic carbocycles. The molecule has 2 heteroatoms. The Morgan fingerprint density at radius 1 is 1.42 bits per heavy atom. The number of hydrogen-bond acceptors (Lipinski definition) is 2. The molecule has 0 N–H and O–H groups in total. The van der Waals surface area contributed by atoms with Crippen LogP contribution in [0.1, 0.15) is 18.4 Å². The summed E-state index contributed by atoms with van der Waals surface area (Å²) in [5.74, 6) is 0.679. The second-order valence-corrected chi connectivity index (χ2v) is 2.67. The van der Waals surface area contributed by atoms with Crippen LogP contribution in [0.5, 0.6) is 5.75 Å². The van der Waals surface area contributed by atoms with Gasteiger partial charge in [0.05, 0.1) is 7.11 Å². The van der Waals surface area contributed by atoms with E-state index in [2.05, 4.69) is 0 Å². The molecule has 0 radical (unpaired) electrons. The number of carbonyl (C=O) groups is 1. The number of aldehydes is 1. The number of ether oxygens (including phenoxy) is 1. The predicted octanol–water partition coefficient (Wildman–Crippen LogP) is 2.00. The molecule has 0 amide bonds. The highest BCUT2D eigenvalue weighted by atomic mass is 16.5. The molecular weight excluding hydrogens is 152 g/mol. The van der Waals surface area contributed by atoms with Crippen molar-refractivity contribution < 1.29 is 9.53 Å². The third kappa shape index (κ3) is 1.64. The van der Waals surface area contributed by atoms with Gasteiger partial charge in [-0.25, -0.2) is 0 Å². The summed E-state index contributed by atoms with van der Waals surface area (Å²) in [4.78, 5) is 10.5. The van der Waals surface area contributed by atoms with Gasteiger partial charge < -0.3 is 9.53 Å². The molecule has 0 fully saturated rings. The molecule has 1 unspecified atom stereocenters. The zero-order valence-corrected chi connectivity index (χ0v) is 7.28. The lowest BCUT2D eigenvalue weighted by molar-refractivity contribution is -0.108. The zero-order valence-electron chi connectivity index (χ0n) is 7.28. The van der Waals surface area contributed by atoms with E-state index in [1.807, 2.05) is 31.2 Å². The predicted molar refractivity (Wildman–Crippen MR) is 47.5 cm³/mol. The van der Waals surface area contributed by atoms with E-state index >= 15 is 0 Å². The van der Waals surface area contributed by atoms with E-state index in [1.165, 1.54) is 0 Å². The normalized spacial score (nSPS) is 12.2. The highest BCUT2D eigenvalue weighted by molar-refractivity contribution is 5.63. The molecule has 0 aromatic heterocycles. The highest BCUT2D eigenvalue weighted by Crippen LogP contribution is 2.24. The molecule has 1 atom stereocenters. The summed E-state index contributed by atoms with van der Waals surface area (Å²) in [5.41, 5.74) is 0.940. The number of methoxy groups -OCH3 is 1. The first-order valence-corrected chi connectivity index (χ1v) is 3.87. The van der Waals surface area contributed by atoms with Crippen molar-refractivity contribution in [2.75, 3.05) is 7.11 Å². The standard InChI is InChI=1S/C10H12O2/c1-8(7-11)9-5-3-4-6-10(9)12-2/h3-8H,1-2H3. The van der Waals surface area contributed by atoms with Gasteiger partial charge in [0.1, 0.15) is 12.0 Å². The van der Waals surface area contributed by atoms with Crippen LogP contribution in [0.25, 0.3) is 0 Å². The summed E-state index contributed by atoms with van der Waals surface area (Å²) in [5, 5.41) is 0. The Hall–Kier alpha value is -1.31. The summed E-state index contributed by atoms with van der Waals surface area (Å²) in [6, 6.07) is 7.55. The number of para-hydroxylation sites is 1. The fraction of sp³-hybridized carbons (Fsp3) is 0.300. The monoisotopic (exact) mass is 164 g/mol. The molecule has 0 aliphatic heterocycles. The summed E-state index contributed by atoms with van der Waals surface area (Å²) < 4.78 is 5.11. The lowest BCUT2D eigenvalue weighted by Gasteiger charge is -2.09. The Morgan fingerprint density at radius 2 is 2.08 bits per heavy atom. The molecule has 0 heterocycles. The first kappa shape index (κ1) is 8.78. The lowest BCUT2D eigenvalue weighted by atomic mass is 10.0. The Kier molecular flexibility index (Phi) is 2.86. The minimum Gasteiger partial charge on any atom is -0.496 e. The largest absolute Gasteiger partial charge is 0.496 e. The minimum atomic E-state index is -0.0962. The minimum absolute atomic E-state index is 0.0962. The van der Waals surface area contributed by atoms with Gasteiger partial charge in [0.25, 0.3) is 0 Å². The first-order valence-electron chi connectivity index (χ1n) is 3.87. The van der Waals surface area contributed by atoms with Gasteiger partial charge >= 0.3 is 0 Å². The molecule has 0 aliphatic carbocycles. The summed E-state index contributed by atoms with van der Waals surface area (Å²) in [6.45, 7) is 1.85. The van der Waals surface area contributed by atoms with Crippen LogP contribution in [0.15, 0.2) is 24.3 Å². The Morgan fingerprint density at radius 3 is 2.67 bits per heavy atom. The van der Waals surface area contributed by atoms with Crippen LogP contribution in [0.4, 0.5) is 0 Å². The van der Waals surface area contributed by atoms with Crippen molar-refractivity contribution in [2.24, 2.45) is 0 Å². The van der Waals surface area contributed by atoms with Crippen molar-refractivity contribution >= 4 is 6.29 Å². The van der Waals surface area contributed by atoms with Crippen molar-refractivity contribution in [3.63, 3.8) is 0 Å². The molecule has 2 nitrogen and oxygen atoms in total. The Balaban J connectivity index is 3.04. The third-order valence-corrected chi connectivity index (χ3v) is 1.83. The van der Waals surface area contributed by atoms with Crippen LogP contribution >= 0.6 is 0 Å². The second kappa shape index (κ2) is 3.90. The fourth-order valence-electron chi connectivity index (χ4n) is 1.12. The maximum absolute atomic E-state index is 10.5. The number of rotatable bonds is 3. The van der Waals surface area contributed by atoms with Gasteiger partial charge in [-0.3, -0.25) is 0 Å². The van der Waals surface area contributed by atoms with E-state index in [9.17, 15) is 4.79 Å². The smallest absolute Gasteiger partial charge is 0.127 e. The molecule has 0 aliphatic rings. The molecular formula is C10H12O2. The Bertz CT molecular complexity index is 268. The fourth-order valence-corrected chi connectivity index (χ4v) is 1.12. The highest BCUT2D eigenvalue weighted by Gasteiger charge is 2.08. The topological polar surface area (TPSA) is 26.3 Å². The summed E-state index contributed by atoms with van der Waals surface area (Å²) >= 11 is 0. The summed E-state index contributed by atoms with van der Waals surface area (Å²) in [7, 11) is 1.61. The number of benzene rings is 1. The number of hydrogen-bond donors (Lipinski definition) is 0. The van der Waals surface area contributed by atoms with E-state index in [0.717, 1.165) is 17.6 Å². The molecule has 0 bridgehead atoms. The average molecular weight is 164 g/mol. The Labute approximate surface area is 72.2 Å². The van der Waals surface area contributed by atoms with Crippen molar-refractivity contribution in [3.05, 3.63) is 29.8 Å². The van der Waals surface area contributed by atoms with Gasteiger partial charge in [-0.05, 0) is 6.07 Å². The quantitative estimate of drug-likeness (QED) is 0.639. The van der Waals surface area contributed by atoms with E-state index < -0.39 is 0 Å². The molecule has 64 valence electrons. The molecule has 1 rings (SSSR count). The van der Waals surface area contributed by atoms with Gasteiger partial charge in [-0.15, -0.1) is 0 Å². The molecule has 0 saturated heterocycles. The van der Waals surface area contributed by atoms with E-state index in [1.54, 1.807) is 7.11 Å². The molecule has 0 spiro atoms. The van der Waals surface area contributed by atoms with Gasteiger partial charge in [0.2, 0.25) is 0 Å². The lowest BCUT2D eigenvalue weighted by Crippen LogP contribution is -1.97. The van der Waals surface area contributed by atoms with Gasteiger partial charge in [-0.2, -0.15) is 0 Å². The van der Waals surface area contributed by atoms with Crippen LogP contribution in [-0.4, -0.2) is 13.4 Å². The number of carbonyl (C=O) groups excluding carboxylic acids is 1. The van der Waals surface area contributed by atoms with Crippen LogP contribution in [-0.2, 0) is 4.79 Å². The SMILES string of the molecule is COc1ccccc1C(C)C=O. The maximum atomic E-state index is 10.5. The van der Waals surface area contributed by atoms with Crippen LogP contribution in [0.3, 0.4) is 0 Å².